The average molecular weight is 572 g/mol. The van der Waals surface area contributed by atoms with E-state index in [1.54, 1.807) is 0 Å². The van der Waals surface area contributed by atoms with Crippen molar-refractivity contribution in [3.8, 4) is 0 Å². The van der Waals surface area contributed by atoms with Crippen molar-refractivity contribution in [2.45, 2.75) is 118 Å². The SMILES string of the molecule is CCC/C=C/CCc1ccccc1/N=C(CC)/C(CCCCCC)=N/c1ccccc1CC/C=C/CCC.[Ni]. The molecule has 0 bridgehead atoms. The van der Waals surface area contributed by atoms with Crippen LogP contribution in [0.5, 0.6) is 0 Å². The summed E-state index contributed by atoms with van der Waals surface area (Å²) in [4.78, 5) is 10.6. The van der Waals surface area contributed by atoms with Gasteiger partial charge in [-0.2, -0.15) is 0 Å². The Hall–Kier alpha value is -2.25. The van der Waals surface area contributed by atoms with Crippen LogP contribution in [0.3, 0.4) is 0 Å². The third-order valence-corrected chi connectivity index (χ3v) is 6.83. The first-order chi connectivity index (χ1) is 18.7. The van der Waals surface area contributed by atoms with Crippen molar-refractivity contribution >= 4 is 22.8 Å². The topological polar surface area (TPSA) is 24.7 Å². The van der Waals surface area contributed by atoms with Crippen LogP contribution in [0.4, 0.5) is 11.4 Å². The van der Waals surface area contributed by atoms with E-state index in [4.69, 9.17) is 9.98 Å². The van der Waals surface area contributed by atoms with Crippen LogP contribution in [0.2, 0.25) is 0 Å². The molecule has 0 radical (unpaired) electrons. The molecule has 0 heterocycles. The van der Waals surface area contributed by atoms with E-state index in [1.165, 1.54) is 43.2 Å². The van der Waals surface area contributed by atoms with Crippen LogP contribution >= 0.6 is 0 Å². The number of rotatable bonds is 19. The maximum atomic E-state index is 5.31. The Morgan fingerprint density at radius 3 is 1.54 bits per heavy atom. The van der Waals surface area contributed by atoms with Gasteiger partial charge in [-0.15, -0.1) is 0 Å². The van der Waals surface area contributed by atoms with Gasteiger partial charge in [0.25, 0.3) is 0 Å². The molecule has 0 fully saturated rings. The van der Waals surface area contributed by atoms with Gasteiger partial charge in [-0.1, -0.05) is 121 Å². The number of hydrogen-bond donors (Lipinski definition) is 0. The van der Waals surface area contributed by atoms with Gasteiger partial charge >= 0.3 is 0 Å². The smallest absolute Gasteiger partial charge is 0.0665 e. The minimum atomic E-state index is 0. The summed E-state index contributed by atoms with van der Waals surface area (Å²) in [7, 11) is 0. The second-order valence-electron chi connectivity index (χ2n) is 10.1. The number of para-hydroxylation sites is 2. The zero-order valence-electron chi connectivity index (χ0n) is 25.0. The van der Waals surface area contributed by atoms with E-state index in [0.717, 1.165) is 80.6 Å². The largest absolute Gasteiger partial charge is 0.251 e. The Balaban J connectivity index is 0.00000760. The number of allylic oxidation sites excluding steroid dienone is 4. The van der Waals surface area contributed by atoms with Crippen LogP contribution in [0.15, 0.2) is 82.8 Å². The molecule has 2 rings (SSSR count). The summed E-state index contributed by atoms with van der Waals surface area (Å²) >= 11 is 0. The number of unbranched alkanes of at least 4 members (excludes halogenated alkanes) is 5. The first-order valence-electron chi connectivity index (χ1n) is 15.3. The van der Waals surface area contributed by atoms with Crippen LogP contribution in [0.1, 0.15) is 116 Å². The number of benzene rings is 2. The van der Waals surface area contributed by atoms with Gasteiger partial charge in [0.1, 0.15) is 0 Å². The quantitative estimate of drug-likeness (QED) is 0.0694. The predicted molar refractivity (Wildman–Crippen MR) is 171 cm³/mol. The van der Waals surface area contributed by atoms with Gasteiger partial charge in [0.05, 0.1) is 22.8 Å². The molecule has 0 aliphatic carbocycles. The van der Waals surface area contributed by atoms with E-state index in [2.05, 4.69) is 101 Å². The summed E-state index contributed by atoms with van der Waals surface area (Å²) in [5, 5.41) is 0. The van der Waals surface area contributed by atoms with Gasteiger partial charge in [-0.25, -0.2) is 0 Å². The van der Waals surface area contributed by atoms with Crippen molar-refractivity contribution in [2.75, 3.05) is 0 Å². The van der Waals surface area contributed by atoms with Crippen LogP contribution in [0, 0.1) is 0 Å². The Labute approximate surface area is 250 Å². The van der Waals surface area contributed by atoms with Crippen LogP contribution in [-0.2, 0) is 29.3 Å². The van der Waals surface area contributed by atoms with Crippen LogP contribution in [-0.4, -0.2) is 11.4 Å². The average Bonchev–Trinajstić information content (AvgIpc) is 2.94. The molecule has 0 aliphatic heterocycles. The normalized spacial score (nSPS) is 12.4. The number of hydrogen-bond acceptors (Lipinski definition) is 2. The molecule has 0 saturated carbocycles. The standard InChI is InChI=1S/C36H52N2.Ni/c1-5-9-12-15-17-24-31-26-20-22-28-34(31)37-33(8-4)36(30-19-14-11-7-3)38-35-29-23-21-27-32(35)25-18-16-13-10-6-2;/h12-13,15-16,20-23,26-29H,5-11,14,17-19,24-25,30H2,1-4H3;/b15-12+,16-13+,37-33+,38-36+;. The molecule has 0 N–H and O–H groups in total. The van der Waals surface area contributed by atoms with E-state index in [1.807, 2.05) is 0 Å². The molecule has 2 nitrogen and oxygen atoms in total. The molecular formula is C36H52N2Ni. The van der Waals surface area contributed by atoms with E-state index in [0.29, 0.717) is 0 Å². The van der Waals surface area contributed by atoms with Crippen molar-refractivity contribution in [1.29, 1.82) is 0 Å². The van der Waals surface area contributed by atoms with E-state index >= 15 is 0 Å². The van der Waals surface area contributed by atoms with Gasteiger partial charge < -0.3 is 0 Å². The van der Waals surface area contributed by atoms with E-state index < -0.39 is 0 Å². The van der Waals surface area contributed by atoms with Crippen molar-refractivity contribution in [3.05, 3.63) is 84.0 Å². The zero-order valence-corrected chi connectivity index (χ0v) is 26.0. The van der Waals surface area contributed by atoms with Gasteiger partial charge in [0.15, 0.2) is 0 Å². The van der Waals surface area contributed by atoms with Crippen LogP contribution < -0.4 is 0 Å². The van der Waals surface area contributed by atoms with Crippen molar-refractivity contribution in [1.82, 2.24) is 0 Å². The third kappa shape index (κ3) is 14.1. The molecule has 2 aromatic carbocycles. The van der Waals surface area contributed by atoms with Crippen molar-refractivity contribution < 1.29 is 16.5 Å². The van der Waals surface area contributed by atoms with Crippen LogP contribution in [0.25, 0.3) is 0 Å². The zero-order chi connectivity index (χ0) is 27.3. The third-order valence-electron chi connectivity index (χ3n) is 6.83. The molecule has 0 atom stereocenters. The van der Waals surface area contributed by atoms with Crippen molar-refractivity contribution in [2.24, 2.45) is 9.98 Å². The summed E-state index contributed by atoms with van der Waals surface area (Å²) in [6, 6.07) is 17.3. The van der Waals surface area contributed by atoms with Crippen molar-refractivity contribution in [3.63, 3.8) is 0 Å². The second kappa shape index (κ2) is 22.6. The maximum absolute atomic E-state index is 5.31. The van der Waals surface area contributed by atoms with E-state index in [-0.39, 0.29) is 16.5 Å². The summed E-state index contributed by atoms with van der Waals surface area (Å²) in [6.45, 7) is 8.95. The van der Waals surface area contributed by atoms with Gasteiger partial charge in [-0.05, 0) is 81.0 Å². The van der Waals surface area contributed by atoms with E-state index in [9.17, 15) is 0 Å². The molecular weight excluding hydrogens is 519 g/mol. The second-order valence-corrected chi connectivity index (χ2v) is 10.1. The molecule has 0 spiro atoms. The number of aliphatic imine (C=N–C) groups is 2. The molecule has 2 aromatic rings. The molecule has 0 aromatic heterocycles. The minimum Gasteiger partial charge on any atom is -0.251 e. The fourth-order valence-electron chi connectivity index (χ4n) is 4.57. The predicted octanol–water partition coefficient (Wildman–Crippen LogP) is 11.5. The fraction of sp³-hybridized carbons (Fsp3) is 0.500. The number of nitrogens with zero attached hydrogens (tertiary/aromatic N) is 2. The molecule has 39 heavy (non-hydrogen) atoms. The molecule has 0 unspecified atom stereocenters. The Morgan fingerprint density at radius 2 is 1.05 bits per heavy atom. The summed E-state index contributed by atoms with van der Waals surface area (Å²) in [5.41, 5.74) is 7.16. The molecule has 0 saturated heterocycles. The minimum absolute atomic E-state index is 0. The molecule has 0 amide bonds. The monoisotopic (exact) mass is 570 g/mol. The molecule has 3 heteroatoms. The molecule has 216 valence electrons. The first kappa shape index (κ1) is 34.8. The first-order valence-corrected chi connectivity index (χ1v) is 15.3. The maximum Gasteiger partial charge on any atom is 0.0665 e. The van der Waals surface area contributed by atoms with Gasteiger partial charge in [-0.3, -0.25) is 9.98 Å². The Kier molecular flexibility index (Phi) is 20.1. The fourth-order valence-corrected chi connectivity index (χ4v) is 4.57. The Morgan fingerprint density at radius 1 is 0.564 bits per heavy atom. The Bertz CT molecular complexity index is 1030. The molecule has 0 aliphatic rings. The summed E-state index contributed by atoms with van der Waals surface area (Å²) in [6.07, 6.45) is 25.0. The number of aryl methyl sites for hydroxylation is 2. The van der Waals surface area contributed by atoms with Gasteiger partial charge in [0, 0.05) is 16.5 Å². The summed E-state index contributed by atoms with van der Waals surface area (Å²) < 4.78 is 0. The van der Waals surface area contributed by atoms with Gasteiger partial charge in [0.2, 0.25) is 0 Å². The summed E-state index contributed by atoms with van der Waals surface area (Å²) in [5.74, 6) is 0.